The topological polar surface area (TPSA) is 88.1 Å². The molecule has 1 heterocycles. The number of hydrogen-bond donors (Lipinski definition) is 2. The van der Waals surface area contributed by atoms with Gasteiger partial charge >= 0.3 is 18.4 Å². The van der Waals surface area contributed by atoms with E-state index in [0.717, 1.165) is 32.7 Å². The Bertz CT molecular complexity index is 299. The molecule has 0 radical (unpaired) electrons. The molecule has 0 aromatic carbocycles. The highest BCUT2D eigenvalue weighted by Gasteiger charge is 2.10. The van der Waals surface area contributed by atoms with E-state index in [1.165, 1.54) is 6.92 Å². The van der Waals surface area contributed by atoms with Crippen LogP contribution in [-0.2, 0) is 19.1 Å². The number of carbonyl (C=O) groups excluding carboxylic acids is 1. The van der Waals surface area contributed by atoms with Gasteiger partial charge in [-0.15, -0.1) is 0 Å². The molecular weight excluding hydrogens is 290 g/mol. The van der Waals surface area contributed by atoms with Crippen molar-refractivity contribution in [3.8, 4) is 0 Å². The number of nitrogens with one attached hydrogen (secondary N) is 1. The minimum absolute atomic E-state index is 0.249. The van der Waals surface area contributed by atoms with Gasteiger partial charge in [-0.25, -0.2) is 4.79 Å². The number of carboxylic acid groups (broad SMARTS) is 1. The van der Waals surface area contributed by atoms with E-state index in [-0.39, 0.29) is 5.97 Å². The molecule has 2 N–H and O–H groups in total. The third-order valence-corrected chi connectivity index (χ3v) is 2.48. The van der Waals surface area contributed by atoms with Gasteiger partial charge in [0.1, 0.15) is 6.61 Å². The zero-order chi connectivity index (χ0) is 16.1. The first-order chi connectivity index (χ1) is 9.93. The molecule has 1 rings (SSSR count). The maximum absolute atomic E-state index is 10.6. The molecule has 0 aromatic rings. The standard InChI is InChI=1S/C10H20N2O3.C2H2F2O2/c1-10(13)15-9-8-14-7-6-12-4-2-11-3-5-12;3-1(4)2(5)6/h11H,2-9H2,1H3;1H,(H,5,6). The summed E-state index contributed by atoms with van der Waals surface area (Å²) in [6, 6.07) is 0. The highest BCUT2D eigenvalue weighted by Crippen LogP contribution is 1.91. The molecule has 0 amide bonds. The molecule has 1 saturated heterocycles. The highest BCUT2D eigenvalue weighted by molar-refractivity contribution is 5.70. The fraction of sp³-hybridized carbons (Fsp3) is 0.833. The van der Waals surface area contributed by atoms with Gasteiger partial charge in [0.25, 0.3) is 0 Å². The Balaban J connectivity index is 0.000000567. The number of ether oxygens (including phenoxy) is 2. The SMILES string of the molecule is CC(=O)OCCOCCN1CCNCC1.O=C(O)C(F)F. The van der Waals surface area contributed by atoms with E-state index in [2.05, 4.69) is 10.2 Å². The number of carboxylic acids is 1. The Morgan fingerprint density at radius 2 is 1.81 bits per heavy atom. The van der Waals surface area contributed by atoms with Crippen molar-refractivity contribution in [1.82, 2.24) is 10.2 Å². The quantitative estimate of drug-likeness (QED) is 0.497. The number of hydrogen-bond acceptors (Lipinski definition) is 6. The maximum Gasteiger partial charge on any atom is 0.371 e. The van der Waals surface area contributed by atoms with E-state index in [1.807, 2.05) is 0 Å². The minimum atomic E-state index is -3.23. The van der Waals surface area contributed by atoms with Gasteiger partial charge in [0.15, 0.2) is 0 Å². The molecule has 0 atom stereocenters. The monoisotopic (exact) mass is 312 g/mol. The largest absolute Gasteiger partial charge is 0.477 e. The second-order valence-corrected chi connectivity index (χ2v) is 4.18. The van der Waals surface area contributed by atoms with Gasteiger partial charge in [0.05, 0.1) is 13.2 Å². The average molecular weight is 312 g/mol. The molecule has 124 valence electrons. The first kappa shape index (κ1) is 19.7. The third kappa shape index (κ3) is 13.4. The van der Waals surface area contributed by atoms with Crippen LogP contribution in [0.15, 0.2) is 0 Å². The molecule has 0 aliphatic carbocycles. The molecule has 1 fully saturated rings. The fourth-order valence-corrected chi connectivity index (χ4v) is 1.47. The first-order valence-electron chi connectivity index (χ1n) is 6.58. The van der Waals surface area contributed by atoms with Crippen LogP contribution in [0.1, 0.15) is 6.92 Å². The Morgan fingerprint density at radius 1 is 1.24 bits per heavy atom. The van der Waals surface area contributed by atoms with E-state index in [1.54, 1.807) is 0 Å². The molecule has 21 heavy (non-hydrogen) atoms. The summed E-state index contributed by atoms with van der Waals surface area (Å²) in [4.78, 5) is 21.7. The van der Waals surface area contributed by atoms with Gasteiger partial charge < -0.3 is 19.9 Å². The molecule has 7 nitrogen and oxygen atoms in total. The number of piperazine rings is 1. The van der Waals surface area contributed by atoms with Crippen LogP contribution in [0.25, 0.3) is 0 Å². The van der Waals surface area contributed by atoms with Crippen LogP contribution >= 0.6 is 0 Å². The van der Waals surface area contributed by atoms with Crippen molar-refractivity contribution < 1.29 is 33.0 Å². The van der Waals surface area contributed by atoms with E-state index in [0.29, 0.717) is 19.8 Å². The van der Waals surface area contributed by atoms with Crippen molar-refractivity contribution in [1.29, 1.82) is 0 Å². The van der Waals surface area contributed by atoms with Gasteiger partial charge in [-0.1, -0.05) is 0 Å². The van der Waals surface area contributed by atoms with Crippen molar-refractivity contribution in [2.45, 2.75) is 13.3 Å². The van der Waals surface area contributed by atoms with Crippen LogP contribution < -0.4 is 5.32 Å². The zero-order valence-corrected chi connectivity index (χ0v) is 12.0. The van der Waals surface area contributed by atoms with Crippen molar-refractivity contribution in [2.24, 2.45) is 0 Å². The summed E-state index contributed by atoms with van der Waals surface area (Å²) < 4.78 is 31.2. The number of rotatable bonds is 7. The summed E-state index contributed by atoms with van der Waals surface area (Å²) in [6.45, 7) is 8.23. The van der Waals surface area contributed by atoms with Crippen LogP contribution in [0.3, 0.4) is 0 Å². The van der Waals surface area contributed by atoms with Crippen molar-refractivity contribution in [3.63, 3.8) is 0 Å². The molecule has 0 spiro atoms. The number of halogens is 2. The fourth-order valence-electron chi connectivity index (χ4n) is 1.47. The third-order valence-electron chi connectivity index (χ3n) is 2.48. The van der Waals surface area contributed by atoms with Crippen molar-refractivity contribution in [2.75, 3.05) is 52.5 Å². The first-order valence-corrected chi connectivity index (χ1v) is 6.58. The lowest BCUT2D eigenvalue weighted by molar-refractivity contribution is -0.149. The number of esters is 1. The second kappa shape index (κ2) is 12.4. The number of aliphatic carboxylic acids is 1. The Morgan fingerprint density at radius 3 is 2.29 bits per heavy atom. The van der Waals surface area contributed by atoms with E-state index >= 15 is 0 Å². The van der Waals surface area contributed by atoms with E-state index in [9.17, 15) is 13.6 Å². The highest BCUT2D eigenvalue weighted by atomic mass is 19.3. The molecule has 9 heteroatoms. The van der Waals surface area contributed by atoms with Crippen LogP contribution in [0, 0.1) is 0 Å². The van der Waals surface area contributed by atoms with Gasteiger partial charge in [-0.3, -0.25) is 9.69 Å². The number of carbonyl (C=O) groups is 2. The summed E-state index contributed by atoms with van der Waals surface area (Å²) in [5.41, 5.74) is 0. The van der Waals surface area contributed by atoms with E-state index in [4.69, 9.17) is 19.4 Å². The van der Waals surface area contributed by atoms with Gasteiger partial charge in [-0.2, -0.15) is 8.78 Å². The smallest absolute Gasteiger partial charge is 0.371 e. The lowest BCUT2D eigenvalue weighted by atomic mass is 10.4. The molecule has 1 aliphatic heterocycles. The van der Waals surface area contributed by atoms with Crippen LogP contribution in [0.5, 0.6) is 0 Å². The molecule has 0 unspecified atom stereocenters. The molecule has 0 saturated carbocycles. The second-order valence-electron chi connectivity index (χ2n) is 4.18. The summed E-state index contributed by atoms with van der Waals surface area (Å²) in [7, 11) is 0. The molecule has 0 bridgehead atoms. The van der Waals surface area contributed by atoms with Crippen molar-refractivity contribution >= 4 is 11.9 Å². The normalized spacial score (nSPS) is 15.2. The van der Waals surface area contributed by atoms with E-state index < -0.39 is 12.4 Å². The minimum Gasteiger partial charge on any atom is -0.477 e. The van der Waals surface area contributed by atoms with Gasteiger partial charge in [-0.05, 0) is 0 Å². The predicted octanol–water partition coefficient (Wildman–Crippen LogP) is -0.193. The Hall–Kier alpha value is -1.32. The lowest BCUT2D eigenvalue weighted by Gasteiger charge is -2.26. The molecular formula is C12H22F2N2O5. The van der Waals surface area contributed by atoms with Crippen LogP contribution in [0.4, 0.5) is 8.78 Å². The van der Waals surface area contributed by atoms with Crippen LogP contribution in [-0.4, -0.2) is 80.9 Å². The van der Waals surface area contributed by atoms with Crippen LogP contribution in [0.2, 0.25) is 0 Å². The number of nitrogens with zero attached hydrogens (tertiary/aromatic N) is 1. The maximum atomic E-state index is 10.6. The lowest BCUT2D eigenvalue weighted by Crippen LogP contribution is -2.44. The summed E-state index contributed by atoms with van der Waals surface area (Å²) >= 11 is 0. The average Bonchev–Trinajstić information content (AvgIpc) is 2.44. The summed E-state index contributed by atoms with van der Waals surface area (Å²) in [5.74, 6) is -2.32. The predicted molar refractivity (Wildman–Crippen MR) is 70.4 cm³/mol. The zero-order valence-electron chi connectivity index (χ0n) is 12.0. The van der Waals surface area contributed by atoms with Gasteiger partial charge in [0.2, 0.25) is 0 Å². The molecule has 0 aromatic heterocycles. The van der Waals surface area contributed by atoms with Crippen molar-refractivity contribution in [3.05, 3.63) is 0 Å². The molecule has 1 aliphatic rings. The van der Waals surface area contributed by atoms with Gasteiger partial charge in [0, 0.05) is 39.6 Å². The summed E-state index contributed by atoms with van der Waals surface area (Å²) in [5, 5.41) is 10.5. The number of alkyl halides is 2. The Labute approximate surface area is 122 Å². The Kier molecular flexibility index (Phi) is 11.6. The summed E-state index contributed by atoms with van der Waals surface area (Å²) in [6.07, 6.45) is -3.23.